The van der Waals surface area contributed by atoms with Crippen molar-refractivity contribution in [3.63, 3.8) is 0 Å². The van der Waals surface area contributed by atoms with Gasteiger partial charge in [0.2, 0.25) is 5.91 Å². The number of benzene rings is 1. The zero-order valence-corrected chi connectivity index (χ0v) is 14.8. The van der Waals surface area contributed by atoms with E-state index in [0.29, 0.717) is 19.6 Å². The van der Waals surface area contributed by atoms with Gasteiger partial charge in [-0.25, -0.2) is 0 Å². The molecule has 0 radical (unpaired) electrons. The van der Waals surface area contributed by atoms with Crippen LogP contribution in [0.1, 0.15) is 22.3 Å². The first-order chi connectivity index (χ1) is 11.5. The molecule has 1 aromatic heterocycles. The third kappa shape index (κ3) is 5.06. The molecule has 2 aromatic rings. The van der Waals surface area contributed by atoms with E-state index >= 15 is 0 Å². The number of amides is 1. The van der Waals surface area contributed by atoms with Crippen LogP contribution >= 0.6 is 0 Å². The molecular weight excluding hydrogens is 302 g/mol. The fourth-order valence-corrected chi connectivity index (χ4v) is 2.83. The normalized spacial score (nSPS) is 10.7. The van der Waals surface area contributed by atoms with Gasteiger partial charge in [-0.15, -0.1) is 0 Å². The lowest BCUT2D eigenvalue weighted by molar-refractivity contribution is -0.122. The topological polar surface area (TPSA) is 54.5 Å². The van der Waals surface area contributed by atoms with Gasteiger partial charge in [0.25, 0.3) is 0 Å². The Balaban J connectivity index is 1.86. The number of nitrogens with one attached hydrogen (secondary N) is 1. The Morgan fingerprint density at radius 2 is 1.96 bits per heavy atom. The third-order valence-electron chi connectivity index (χ3n) is 3.80. The molecule has 0 aliphatic heterocycles. The van der Waals surface area contributed by atoms with E-state index in [0.717, 1.165) is 22.4 Å². The zero-order valence-electron chi connectivity index (χ0n) is 14.8. The Morgan fingerprint density at radius 3 is 2.54 bits per heavy atom. The minimum absolute atomic E-state index is 0.00306. The number of ether oxygens (including phenoxy) is 1. The van der Waals surface area contributed by atoms with Gasteiger partial charge in [0, 0.05) is 25.5 Å². The Labute approximate surface area is 143 Å². The van der Waals surface area contributed by atoms with E-state index in [1.165, 1.54) is 5.56 Å². The maximum Gasteiger partial charge on any atom is 0.234 e. The predicted octanol–water partition coefficient (Wildman–Crippen LogP) is 2.46. The highest BCUT2D eigenvalue weighted by atomic mass is 16.5. The molecule has 5 nitrogen and oxygen atoms in total. The number of hydrogen-bond acceptors (Lipinski definition) is 4. The van der Waals surface area contributed by atoms with Crippen LogP contribution in [0.2, 0.25) is 0 Å². The van der Waals surface area contributed by atoms with Gasteiger partial charge in [-0.05, 0) is 49.2 Å². The second kappa shape index (κ2) is 8.45. The van der Waals surface area contributed by atoms with Gasteiger partial charge < -0.3 is 10.1 Å². The molecular formula is C19H25N3O2. The smallest absolute Gasteiger partial charge is 0.234 e. The van der Waals surface area contributed by atoms with Crippen molar-refractivity contribution in [3.8, 4) is 5.75 Å². The monoisotopic (exact) mass is 327 g/mol. The summed E-state index contributed by atoms with van der Waals surface area (Å²) in [6, 6.07) is 8.02. The van der Waals surface area contributed by atoms with E-state index in [1.807, 2.05) is 37.9 Å². The number of nitrogens with zero attached hydrogens (tertiary/aromatic N) is 2. The lowest BCUT2D eigenvalue weighted by atomic mass is 10.1. The highest BCUT2D eigenvalue weighted by molar-refractivity contribution is 5.77. The fourth-order valence-electron chi connectivity index (χ4n) is 2.83. The van der Waals surface area contributed by atoms with Gasteiger partial charge in [-0.2, -0.15) is 0 Å². The summed E-state index contributed by atoms with van der Waals surface area (Å²) in [5.74, 6) is 0.930. The van der Waals surface area contributed by atoms with Crippen LogP contribution in [0, 0.1) is 13.8 Å². The molecule has 0 fully saturated rings. The number of rotatable bonds is 7. The first kappa shape index (κ1) is 17.9. The van der Waals surface area contributed by atoms with Gasteiger partial charge in [0.15, 0.2) is 0 Å². The number of carbonyl (C=O) groups excluding carboxylic acids is 1. The van der Waals surface area contributed by atoms with Crippen LogP contribution in [0.4, 0.5) is 0 Å². The Morgan fingerprint density at radius 1 is 1.25 bits per heavy atom. The number of aryl methyl sites for hydroxylation is 2. The number of carbonyl (C=O) groups is 1. The molecule has 1 heterocycles. The summed E-state index contributed by atoms with van der Waals surface area (Å²) in [7, 11) is 3.63. The Kier molecular flexibility index (Phi) is 6.32. The highest BCUT2D eigenvalue weighted by Crippen LogP contribution is 2.24. The number of pyridine rings is 1. The fraction of sp³-hybridized carbons (Fsp3) is 0.368. The molecule has 0 saturated heterocycles. The molecule has 24 heavy (non-hydrogen) atoms. The summed E-state index contributed by atoms with van der Waals surface area (Å²) >= 11 is 0. The first-order valence-electron chi connectivity index (χ1n) is 7.98. The third-order valence-corrected chi connectivity index (χ3v) is 3.80. The van der Waals surface area contributed by atoms with Crippen molar-refractivity contribution in [1.82, 2.24) is 15.2 Å². The van der Waals surface area contributed by atoms with Gasteiger partial charge >= 0.3 is 0 Å². The van der Waals surface area contributed by atoms with Crippen LogP contribution in [0.25, 0.3) is 0 Å². The average Bonchev–Trinajstić information content (AvgIpc) is 2.53. The van der Waals surface area contributed by atoms with E-state index in [4.69, 9.17) is 4.74 Å². The van der Waals surface area contributed by atoms with E-state index in [-0.39, 0.29) is 5.91 Å². The summed E-state index contributed by atoms with van der Waals surface area (Å²) < 4.78 is 5.39. The van der Waals surface area contributed by atoms with Crippen LogP contribution in [0.15, 0.2) is 36.7 Å². The lowest BCUT2D eigenvalue weighted by Gasteiger charge is -2.18. The summed E-state index contributed by atoms with van der Waals surface area (Å²) in [4.78, 5) is 18.1. The SMILES string of the molecule is COc1c(C)cc(CN(C)CC(=O)NCc2cccnc2)cc1C. The van der Waals surface area contributed by atoms with Crippen molar-refractivity contribution >= 4 is 5.91 Å². The predicted molar refractivity (Wildman–Crippen MR) is 94.9 cm³/mol. The zero-order chi connectivity index (χ0) is 17.5. The lowest BCUT2D eigenvalue weighted by Crippen LogP contribution is -2.34. The Hall–Kier alpha value is -2.40. The molecule has 0 atom stereocenters. The average molecular weight is 327 g/mol. The van der Waals surface area contributed by atoms with Crippen molar-refractivity contribution in [3.05, 3.63) is 58.9 Å². The molecule has 5 heteroatoms. The molecule has 0 unspecified atom stereocenters. The largest absolute Gasteiger partial charge is 0.496 e. The number of methoxy groups -OCH3 is 1. The molecule has 0 bridgehead atoms. The van der Waals surface area contributed by atoms with Gasteiger partial charge in [0.1, 0.15) is 5.75 Å². The molecule has 0 aliphatic carbocycles. The van der Waals surface area contributed by atoms with Crippen molar-refractivity contribution in [1.29, 1.82) is 0 Å². The summed E-state index contributed by atoms with van der Waals surface area (Å²) in [6.45, 7) is 5.64. The van der Waals surface area contributed by atoms with E-state index in [1.54, 1.807) is 19.5 Å². The quantitative estimate of drug-likeness (QED) is 0.849. The van der Waals surface area contributed by atoms with E-state index in [9.17, 15) is 4.79 Å². The van der Waals surface area contributed by atoms with Gasteiger partial charge in [-0.3, -0.25) is 14.7 Å². The molecule has 1 N–H and O–H groups in total. The highest BCUT2D eigenvalue weighted by Gasteiger charge is 2.10. The number of hydrogen-bond donors (Lipinski definition) is 1. The first-order valence-corrected chi connectivity index (χ1v) is 7.98. The van der Waals surface area contributed by atoms with Crippen LogP contribution in [0.5, 0.6) is 5.75 Å². The van der Waals surface area contributed by atoms with E-state index < -0.39 is 0 Å². The van der Waals surface area contributed by atoms with Gasteiger partial charge in [0.05, 0.1) is 13.7 Å². The molecule has 0 spiro atoms. The second-order valence-electron chi connectivity index (χ2n) is 6.07. The molecule has 128 valence electrons. The maximum atomic E-state index is 12.1. The number of likely N-dealkylation sites (N-methyl/N-ethyl adjacent to an activating group) is 1. The molecule has 0 aliphatic rings. The van der Waals surface area contributed by atoms with Crippen LogP contribution in [-0.2, 0) is 17.9 Å². The summed E-state index contributed by atoms with van der Waals surface area (Å²) in [5, 5.41) is 2.92. The van der Waals surface area contributed by atoms with Crippen molar-refractivity contribution < 1.29 is 9.53 Å². The number of aromatic nitrogens is 1. The molecule has 1 amide bonds. The van der Waals surface area contributed by atoms with Crippen LogP contribution < -0.4 is 10.1 Å². The summed E-state index contributed by atoms with van der Waals surface area (Å²) in [5.41, 5.74) is 4.40. The molecule has 0 saturated carbocycles. The molecule has 2 rings (SSSR count). The minimum Gasteiger partial charge on any atom is -0.496 e. The Bertz CT molecular complexity index is 663. The van der Waals surface area contributed by atoms with Crippen LogP contribution in [-0.4, -0.2) is 36.5 Å². The van der Waals surface area contributed by atoms with E-state index in [2.05, 4.69) is 22.4 Å². The summed E-state index contributed by atoms with van der Waals surface area (Å²) in [6.07, 6.45) is 3.48. The van der Waals surface area contributed by atoms with Gasteiger partial charge in [-0.1, -0.05) is 18.2 Å². The second-order valence-corrected chi connectivity index (χ2v) is 6.07. The van der Waals surface area contributed by atoms with Crippen molar-refractivity contribution in [2.75, 3.05) is 20.7 Å². The minimum atomic E-state index is 0.00306. The molecule has 1 aromatic carbocycles. The standard InChI is InChI=1S/C19H25N3O2/c1-14-8-17(9-15(2)19(14)24-4)12-22(3)13-18(23)21-11-16-6-5-7-20-10-16/h5-10H,11-13H2,1-4H3,(H,21,23). The van der Waals surface area contributed by atoms with Crippen molar-refractivity contribution in [2.45, 2.75) is 26.9 Å². The van der Waals surface area contributed by atoms with Crippen molar-refractivity contribution in [2.24, 2.45) is 0 Å². The maximum absolute atomic E-state index is 12.1. The van der Waals surface area contributed by atoms with Crippen LogP contribution in [0.3, 0.4) is 0 Å².